The predicted octanol–water partition coefficient (Wildman–Crippen LogP) is 5.35. The van der Waals surface area contributed by atoms with Gasteiger partial charge in [-0.25, -0.2) is 14.1 Å². The molecule has 0 saturated heterocycles. The third-order valence-corrected chi connectivity index (χ3v) is 6.40. The Kier molecular flexibility index (Phi) is 5.08. The molecule has 5 rings (SSSR count). The van der Waals surface area contributed by atoms with E-state index in [1.54, 1.807) is 36.0 Å². The van der Waals surface area contributed by atoms with Crippen LogP contribution in [0.3, 0.4) is 0 Å². The van der Waals surface area contributed by atoms with E-state index in [1.165, 1.54) is 0 Å². The molecule has 6 nitrogen and oxygen atoms in total. The first-order valence-corrected chi connectivity index (χ1v) is 10.9. The third kappa shape index (κ3) is 3.88. The van der Waals surface area contributed by atoms with E-state index in [-0.39, 0.29) is 18.4 Å². The van der Waals surface area contributed by atoms with Gasteiger partial charge in [-0.05, 0) is 67.3 Å². The Labute approximate surface area is 197 Å². The van der Waals surface area contributed by atoms with Crippen LogP contribution in [-0.2, 0) is 23.4 Å². The lowest BCUT2D eigenvalue weighted by molar-refractivity contribution is -0.137. The first-order valence-electron chi connectivity index (χ1n) is 10.9. The number of benzene rings is 2. The van der Waals surface area contributed by atoms with E-state index in [1.807, 2.05) is 13.0 Å². The number of nitrogens with one attached hydrogen (secondary N) is 1. The maximum Gasteiger partial charge on any atom is 0.416 e. The van der Waals surface area contributed by atoms with Gasteiger partial charge in [-0.1, -0.05) is 12.1 Å². The van der Waals surface area contributed by atoms with Gasteiger partial charge < -0.3 is 11.1 Å². The minimum Gasteiger partial charge on any atom is -0.382 e. The summed E-state index contributed by atoms with van der Waals surface area (Å²) in [5.41, 5.74) is 7.09. The van der Waals surface area contributed by atoms with Crippen molar-refractivity contribution >= 4 is 28.4 Å². The lowest BCUT2D eigenvalue weighted by Crippen LogP contribution is -2.29. The normalized spacial score (nSPS) is 14.8. The van der Waals surface area contributed by atoms with Crippen molar-refractivity contribution < 1.29 is 22.4 Å². The second kappa shape index (κ2) is 7.79. The van der Waals surface area contributed by atoms with Gasteiger partial charge in [-0.3, -0.25) is 4.79 Å². The van der Waals surface area contributed by atoms with Crippen molar-refractivity contribution in [2.24, 2.45) is 7.05 Å². The minimum atomic E-state index is -4.63. The summed E-state index contributed by atoms with van der Waals surface area (Å²) in [5, 5.41) is 7.69. The minimum absolute atomic E-state index is 0.233. The molecule has 2 heterocycles. The SMILES string of the molecule is Cc1cc(-c2ccc(NC(=O)C3(c4cc(C(F)(F)F)ccc4F)CC3)cc2)c2c(N)nn(C)c2n1. The number of nitrogens with zero attached hydrogens (tertiary/aromatic N) is 3. The smallest absolute Gasteiger partial charge is 0.382 e. The van der Waals surface area contributed by atoms with Crippen LogP contribution >= 0.6 is 0 Å². The summed E-state index contributed by atoms with van der Waals surface area (Å²) in [5.74, 6) is -1.02. The summed E-state index contributed by atoms with van der Waals surface area (Å²) >= 11 is 0. The number of nitrogens with two attached hydrogens (primary N) is 1. The molecule has 0 spiro atoms. The van der Waals surface area contributed by atoms with Gasteiger partial charge in [0.1, 0.15) is 5.82 Å². The Bertz CT molecular complexity index is 1470. The molecule has 1 aliphatic carbocycles. The molecule has 0 atom stereocenters. The average Bonchev–Trinajstić information content (AvgIpc) is 3.55. The Morgan fingerprint density at radius 3 is 2.43 bits per heavy atom. The monoisotopic (exact) mass is 483 g/mol. The molecular formula is C25H21F4N5O. The van der Waals surface area contributed by atoms with Crippen molar-refractivity contribution in [3.05, 3.63) is 71.2 Å². The molecule has 3 N–H and O–H groups in total. The fraction of sp³-hybridized carbons (Fsp3) is 0.240. The zero-order valence-electron chi connectivity index (χ0n) is 18.9. The molecule has 10 heteroatoms. The summed E-state index contributed by atoms with van der Waals surface area (Å²) in [6.45, 7) is 1.86. The molecule has 1 saturated carbocycles. The van der Waals surface area contributed by atoms with Crippen molar-refractivity contribution in [3.8, 4) is 11.1 Å². The van der Waals surface area contributed by atoms with E-state index < -0.39 is 28.9 Å². The van der Waals surface area contributed by atoms with Gasteiger partial charge in [0.15, 0.2) is 11.5 Å². The van der Waals surface area contributed by atoms with Crippen LogP contribution in [0.5, 0.6) is 0 Å². The molecule has 0 unspecified atom stereocenters. The number of anilines is 2. The number of pyridine rings is 1. The molecule has 180 valence electrons. The Morgan fingerprint density at radius 1 is 1.11 bits per heavy atom. The van der Waals surface area contributed by atoms with E-state index in [4.69, 9.17) is 5.73 Å². The highest BCUT2D eigenvalue weighted by Gasteiger charge is 2.53. The van der Waals surface area contributed by atoms with Gasteiger partial charge >= 0.3 is 6.18 Å². The lowest BCUT2D eigenvalue weighted by atomic mass is 9.92. The highest BCUT2D eigenvalue weighted by atomic mass is 19.4. The predicted molar refractivity (Wildman–Crippen MR) is 124 cm³/mol. The van der Waals surface area contributed by atoms with Crippen molar-refractivity contribution in [3.63, 3.8) is 0 Å². The first-order chi connectivity index (χ1) is 16.5. The number of halogens is 4. The topological polar surface area (TPSA) is 85.8 Å². The van der Waals surface area contributed by atoms with Crippen LogP contribution < -0.4 is 11.1 Å². The van der Waals surface area contributed by atoms with Gasteiger partial charge in [0.25, 0.3) is 0 Å². The number of carbonyl (C=O) groups is 1. The summed E-state index contributed by atoms with van der Waals surface area (Å²) in [6.07, 6.45) is -4.09. The number of hydrogen-bond donors (Lipinski definition) is 2. The van der Waals surface area contributed by atoms with Crippen molar-refractivity contribution in [2.45, 2.75) is 31.4 Å². The number of rotatable bonds is 4. The molecule has 2 aromatic carbocycles. The molecule has 1 aliphatic rings. The van der Waals surface area contributed by atoms with Gasteiger partial charge in [-0.15, -0.1) is 0 Å². The Morgan fingerprint density at radius 2 is 1.80 bits per heavy atom. The molecule has 2 aromatic heterocycles. The van der Waals surface area contributed by atoms with Crippen molar-refractivity contribution in [1.82, 2.24) is 14.8 Å². The first kappa shape index (κ1) is 22.8. The highest BCUT2D eigenvalue weighted by Crippen LogP contribution is 2.51. The highest BCUT2D eigenvalue weighted by molar-refractivity contribution is 6.03. The number of carbonyl (C=O) groups excluding carboxylic acids is 1. The summed E-state index contributed by atoms with van der Waals surface area (Å²) in [7, 11) is 1.76. The second-order valence-electron chi connectivity index (χ2n) is 8.82. The molecule has 0 bridgehead atoms. The number of hydrogen-bond acceptors (Lipinski definition) is 4. The second-order valence-corrected chi connectivity index (χ2v) is 8.82. The summed E-state index contributed by atoms with van der Waals surface area (Å²) in [6, 6.07) is 11.0. The molecule has 1 fully saturated rings. The molecule has 0 radical (unpaired) electrons. The fourth-order valence-electron chi connectivity index (χ4n) is 4.43. The van der Waals surface area contributed by atoms with E-state index in [0.29, 0.717) is 28.6 Å². The summed E-state index contributed by atoms with van der Waals surface area (Å²) < 4.78 is 55.5. The number of fused-ring (bicyclic) bond motifs is 1. The average molecular weight is 483 g/mol. The molecular weight excluding hydrogens is 462 g/mol. The number of nitrogen functional groups attached to an aromatic ring is 1. The van der Waals surface area contributed by atoms with Crippen LogP contribution in [0.25, 0.3) is 22.2 Å². The van der Waals surface area contributed by atoms with E-state index in [2.05, 4.69) is 15.4 Å². The van der Waals surface area contributed by atoms with Gasteiger partial charge in [0, 0.05) is 24.0 Å². The Balaban J connectivity index is 1.43. The van der Waals surface area contributed by atoms with Crippen LogP contribution in [0, 0.1) is 12.7 Å². The third-order valence-electron chi connectivity index (χ3n) is 6.40. The van der Waals surface area contributed by atoms with Crippen LogP contribution in [0.15, 0.2) is 48.5 Å². The molecule has 1 amide bonds. The van der Waals surface area contributed by atoms with Crippen LogP contribution in [0.2, 0.25) is 0 Å². The van der Waals surface area contributed by atoms with E-state index in [9.17, 15) is 22.4 Å². The number of aromatic nitrogens is 3. The van der Waals surface area contributed by atoms with Gasteiger partial charge in [-0.2, -0.15) is 18.3 Å². The summed E-state index contributed by atoms with van der Waals surface area (Å²) in [4.78, 5) is 17.5. The van der Waals surface area contributed by atoms with Crippen LogP contribution in [-0.4, -0.2) is 20.7 Å². The van der Waals surface area contributed by atoms with Gasteiger partial charge in [0.05, 0.1) is 16.4 Å². The number of aryl methyl sites for hydroxylation is 2. The molecule has 0 aliphatic heterocycles. The van der Waals surface area contributed by atoms with Crippen LogP contribution in [0.1, 0.15) is 29.7 Å². The van der Waals surface area contributed by atoms with E-state index >= 15 is 0 Å². The largest absolute Gasteiger partial charge is 0.416 e. The van der Waals surface area contributed by atoms with Gasteiger partial charge in [0.2, 0.25) is 5.91 Å². The standard InChI is InChI=1S/C25H21F4N5O/c1-13-11-17(20-21(30)33-34(2)22(20)31-13)14-3-6-16(7-4-14)32-23(35)24(9-10-24)18-12-15(25(27,28)29)5-8-19(18)26/h3-8,11-12H,9-10H2,1-2H3,(H2,30,33)(H,32,35). The molecule has 35 heavy (non-hydrogen) atoms. The lowest BCUT2D eigenvalue weighted by Gasteiger charge is -2.18. The van der Waals surface area contributed by atoms with E-state index in [0.717, 1.165) is 29.0 Å². The quantitative estimate of drug-likeness (QED) is 0.383. The zero-order valence-corrected chi connectivity index (χ0v) is 18.9. The van der Waals surface area contributed by atoms with Crippen LogP contribution in [0.4, 0.5) is 29.1 Å². The number of alkyl halides is 3. The fourth-order valence-corrected chi connectivity index (χ4v) is 4.43. The van der Waals surface area contributed by atoms with Crippen molar-refractivity contribution in [1.29, 1.82) is 0 Å². The maximum atomic E-state index is 14.5. The Hall–Kier alpha value is -3.95. The maximum absolute atomic E-state index is 14.5. The molecule has 4 aromatic rings. The zero-order chi connectivity index (χ0) is 25.1. The van der Waals surface area contributed by atoms with Crippen molar-refractivity contribution in [2.75, 3.05) is 11.1 Å². The number of amides is 1.